The molecule has 0 bridgehead atoms. The molecule has 1 aliphatic rings. The maximum atomic E-state index is 12.9. The van der Waals surface area contributed by atoms with Crippen molar-refractivity contribution >= 4 is 5.95 Å². The molecule has 1 aromatic carbocycles. The van der Waals surface area contributed by atoms with Crippen LogP contribution in [0.3, 0.4) is 0 Å². The molecule has 5 nitrogen and oxygen atoms in total. The minimum Gasteiger partial charge on any atom is -0.481 e. The number of likely N-dealkylation sites (tertiary alicyclic amines) is 1. The van der Waals surface area contributed by atoms with Crippen LogP contribution in [0.15, 0.2) is 36.5 Å². The highest BCUT2D eigenvalue weighted by Gasteiger charge is 2.31. The van der Waals surface area contributed by atoms with Gasteiger partial charge in [0.25, 0.3) is 0 Å². The first-order valence-electron chi connectivity index (χ1n) is 8.85. The van der Waals surface area contributed by atoms with E-state index in [-0.39, 0.29) is 6.04 Å². The fourth-order valence-electron chi connectivity index (χ4n) is 3.37. The maximum Gasteiger partial charge on any atom is 0.416 e. The fourth-order valence-corrected chi connectivity index (χ4v) is 3.37. The molecule has 0 radical (unpaired) electrons. The van der Waals surface area contributed by atoms with Crippen LogP contribution in [0.1, 0.15) is 24.0 Å². The third kappa shape index (κ3) is 4.88. The van der Waals surface area contributed by atoms with Crippen LogP contribution in [0.5, 0.6) is 5.88 Å². The molecular weight excluding hydrogens is 357 g/mol. The lowest BCUT2D eigenvalue weighted by atomic mass is 10.0. The number of methoxy groups -OCH3 is 1. The van der Waals surface area contributed by atoms with Gasteiger partial charge in [0.2, 0.25) is 11.8 Å². The molecule has 3 rings (SSSR count). The summed E-state index contributed by atoms with van der Waals surface area (Å²) in [5.74, 6) is 1.09. The van der Waals surface area contributed by atoms with Crippen molar-refractivity contribution in [1.82, 2.24) is 14.9 Å². The zero-order valence-corrected chi connectivity index (χ0v) is 15.4. The molecule has 0 aliphatic carbocycles. The summed E-state index contributed by atoms with van der Waals surface area (Å²) in [6.45, 7) is 2.10. The summed E-state index contributed by atoms with van der Waals surface area (Å²) in [7, 11) is 3.50. The molecule has 1 saturated heterocycles. The summed E-state index contributed by atoms with van der Waals surface area (Å²) in [5, 5.41) is 0. The lowest BCUT2D eigenvalue weighted by molar-refractivity contribution is -0.137. The molecule has 1 fully saturated rings. The Morgan fingerprint density at radius 2 is 2.11 bits per heavy atom. The molecule has 8 heteroatoms. The lowest BCUT2D eigenvalue weighted by Crippen LogP contribution is -2.46. The van der Waals surface area contributed by atoms with Crippen molar-refractivity contribution in [2.24, 2.45) is 0 Å². The highest BCUT2D eigenvalue weighted by atomic mass is 19.4. The van der Waals surface area contributed by atoms with E-state index in [1.807, 2.05) is 11.9 Å². The summed E-state index contributed by atoms with van der Waals surface area (Å²) in [6.07, 6.45) is -0.709. The van der Waals surface area contributed by atoms with Crippen molar-refractivity contribution in [3.63, 3.8) is 0 Å². The second-order valence-corrected chi connectivity index (χ2v) is 6.74. The fraction of sp³-hybridized carbons (Fsp3) is 0.474. The highest BCUT2D eigenvalue weighted by molar-refractivity contribution is 5.33. The summed E-state index contributed by atoms with van der Waals surface area (Å²) < 4.78 is 43.9. The number of nitrogens with zero attached hydrogens (tertiary/aromatic N) is 4. The smallest absolute Gasteiger partial charge is 0.416 e. The Bertz CT molecular complexity index is 769. The monoisotopic (exact) mass is 380 g/mol. The standard InChI is InChI=1S/C19H23F3N4O/c1-25(18-23-9-8-17(24-18)27-2)16-7-4-10-26(13-16)12-14-5-3-6-15(11-14)19(20,21)22/h3,5-6,8-9,11,16H,4,7,10,12-13H2,1-2H3. The van der Waals surface area contributed by atoms with Crippen molar-refractivity contribution in [3.8, 4) is 5.88 Å². The predicted molar refractivity (Wildman–Crippen MR) is 96.7 cm³/mol. The minimum atomic E-state index is -4.32. The molecule has 0 saturated carbocycles. The quantitative estimate of drug-likeness (QED) is 0.793. The van der Waals surface area contributed by atoms with Gasteiger partial charge in [-0.25, -0.2) is 4.98 Å². The average molecular weight is 380 g/mol. The lowest BCUT2D eigenvalue weighted by Gasteiger charge is -2.37. The van der Waals surface area contributed by atoms with Gasteiger partial charge < -0.3 is 9.64 Å². The van der Waals surface area contributed by atoms with Crippen molar-refractivity contribution in [3.05, 3.63) is 47.7 Å². The number of anilines is 1. The number of hydrogen-bond acceptors (Lipinski definition) is 5. The number of rotatable bonds is 5. The van der Waals surface area contributed by atoms with E-state index in [9.17, 15) is 13.2 Å². The third-order valence-corrected chi connectivity index (χ3v) is 4.83. The van der Waals surface area contributed by atoms with Gasteiger partial charge in [-0.05, 0) is 31.0 Å². The van der Waals surface area contributed by atoms with E-state index in [1.165, 1.54) is 12.1 Å². The number of halogens is 3. The van der Waals surface area contributed by atoms with E-state index < -0.39 is 11.7 Å². The van der Waals surface area contributed by atoms with Crippen molar-refractivity contribution in [2.45, 2.75) is 31.6 Å². The Morgan fingerprint density at radius 3 is 2.85 bits per heavy atom. The first-order valence-corrected chi connectivity index (χ1v) is 8.85. The van der Waals surface area contributed by atoms with Crippen LogP contribution in [0.4, 0.5) is 19.1 Å². The zero-order valence-electron chi connectivity index (χ0n) is 15.4. The summed E-state index contributed by atoms with van der Waals surface area (Å²) in [6, 6.07) is 7.44. The van der Waals surface area contributed by atoms with Gasteiger partial charge in [-0.15, -0.1) is 0 Å². The molecule has 1 aromatic heterocycles. The Labute approximate surface area is 156 Å². The van der Waals surface area contributed by atoms with Gasteiger partial charge >= 0.3 is 6.18 Å². The molecule has 0 spiro atoms. The predicted octanol–water partition coefficient (Wildman–Crippen LogP) is 3.60. The number of hydrogen-bond donors (Lipinski definition) is 0. The van der Waals surface area contributed by atoms with Gasteiger partial charge in [-0.2, -0.15) is 18.2 Å². The first-order chi connectivity index (χ1) is 12.9. The Kier molecular flexibility index (Phi) is 5.84. The van der Waals surface area contributed by atoms with Gasteiger partial charge in [0.15, 0.2) is 0 Å². The number of alkyl halides is 3. The molecular formula is C19H23F3N4O. The van der Waals surface area contributed by atoms with Crippen LogP contribution in [-0.2, 0) is 12.7 Å². The number of ether oxygens (including phenoxy) is 1. The molecule has 146 valence electrons. The molecule has 1 aliphatic heterocycles. The third-order valence-electron chi connectivity index (χ3n) is 4.83. The van der Waals surface area contributed by atoms with Crippen LogP contribution >= 0.6 is 0 Å². The van der Waals surface area contributed by atoms with E-state index in [1.54, 1.807) is 25.4 Å². The van der Waals surface area contributed by atoms with Crippen molar-refractivity contribution < 1.29 is 17.9 Å². The van der Waals surface area contributed by atoms with Crippen molar-refractivity contribution in [2.75, 3.05) is 32.1 Å². The normalized spacial score (nSPS) is 18.3. The van der Waals surface area contributed by atoms with E-state index in [0.717, 1.165) is 32.0 Å². The van der Waals surface area contributed by atoms with Gasteiger partial charge in [0.05, 0.1) is 12.7 Å². The SMILES string of the molecule is COc1ccnc(N(C)C2CCCN(Cc3cccc(C(F)(F)F)c3)C2)n1. The second-order valence-electron chi connectivity index (χ2n) is 6.74. The van der Waals surface area contributed by atoms with Gasteiger partial charge in [0.1, 0.15) is 0 Å². The van der Waals surface area contributed by atoms with Gasteiger partial charge in [-0.1, -0.05) is 18.2 Å². The molecule has 0 N–H and O–H groups in total. The van der Waals surface area contributed by atoms with Gasteiger partial charge in [-0.3, -0.25) is 4.90 Å². The van der Waals surface area contributed by atoms with Crippen LogP contribution in [0.25, 0.3) is 0 Å². The number of piperidine rings is 1. The Morgan fingerprint density at radius 1 is 1.30 bits per heavy atom. The topological polar surface area (TPSA) is 41.5 Å². The van der Waals surface area contributed by atoms with Gasteiger partial charge in [0, 0.05) is 38.4 Å². The number of benzene rings is 1. The summed E-state index contributed by atoms with van der Waals surface area (Å²) in [4.78, 5) is 12.9. The van der Waals surface area contributed by atoms with Crippen LogP contribution in [-0.4, -0.2) is 48.2 Å². The summed E-state index contributed by atoms with van der Waals surface area (Å²) in [5.41, 5.74) is 0.0706. The zero-order chi connectivity index (χ0) is 19.4. The molecule has 27 heavy (non-hydrogen) atoms. The summed E-state index contributed by atoms with van der Waals surface area (Å²) >= 11 is 0. The number of aromatic nitrogens is 2. The van der Waals surface area contributed by atoms with E-state index in [2.05, 4.69) is 14.9 Å². The molecule has 2 heterocycles. The second kappa shape index (κ2) is 8.12. The maximum absolute atomic E-state index is 12.9. The van der Waals surface area contributed by atoms with Crippen LogP contribution in [0.2, 0.25) is 0 Å². The minimum absolute atomic E-state index is 0.191. The molecule has 1 atom stereocenters. The van der Waals surface area contributed by atoms with E-state index >= 15 is 0 Å². The Balaban J connectivity index is 1.67. The average Bonchev–Trinajstić information content (AvgIpc) is 2.67. The first kappa shape index (κ1) is 19.4. The Hall–Kier alpha value is -2.35. The number of likely N-dealkylation sites (N-methyl/N-ethyl adjacent to an activating group) is 1. The molecule has 2 aromatic rings. The van der Waals surface area contributed by atoms with Crippen molar-refractivity contribution in [1.29, 1.82) is 0 Å². The van der Waals surface area contributed by atoms with E-state index in [0.29, 0.717) is 23.9 Å². The van der Waals surface area contributed by atoms with E-state index in [4.69, 9.17) is 4.74 Å². The van der Waals surface area contributed by atoms with Crippen LogP contribution < -0.4 is 9.64 Å². The molecule has 0 amide bonds. The largest absolute Gasteiger partial charge is 0.481 e. The molecule has 1 unspecified atom stereocenters. The van der Waals surface area contributed by atoms with Crippen LogP contribution in [0, 0.1) is 0 Å². The highest BCUT2D eigenvalue weighted by Crippen LogP contribution is 2.30.